The number of nitrogens with zero attached hydrogens (tertiary/aromatic N) is 1. The van der Waals surface area contributed by atoms with Gasteiger partial charge < -0.3 is 14.6 Å². The van der Waals surface area contributed by atoms with Crippen molar-refractivity contribution in [3.63, 3.8) is 0 Å². The summed E-state index contributed by atoms with van der Waals surface area (Å²) < 4.78 is 9.76. The van der Waals surface area contributed by atoms with E-state index in [1.165, 1.54) is 0 Å². The van der Waals surface area contributed by atoms with Crippen molar-refractivity contribution in [3.05, 3.63) is 11.8 Å². The van der Waals surface area contributed by atoms with E-state index in [0.717, 1.165) is 12.3 Å². The van der Waals surface area contributed by atoms with E-state index in [-0.39, 0.29) is 0 Å². The van der Waals surface area contributed by atoms with Crippen LogP contribution in [-0.2, 0) is 6.54 Å². The van der Waals surface area contributed by atoms with Gasteiger partial charge in [-0.15, -0.1) is 0 Å². The van der Waals surface area contributed by atoms with E-state index in [4.69, 9.17) is 9.26 Å². The second-order valence-corrected chi connectivity index (χ2v) is 2.12. The molecule has 0 aromatic carbocycles. The van der Waals surface area contributed by atoms with E-state index in [1.54, 1.807) is 13.2 Å². The highest BCUT2D eigenvalue weighted by Gasteiger charge is 2.01. The quantitative estimate of drug-likeness (QED) is 0.700. The molecule has 0 fully saturated rings. The van der Waals surface area contributed by atoms with Gasteiger partial charge in [-0.25, -0.2) is 0 Å². The van der Waals surface area contributed by atoms with Crippen LogP contribution < -0.4 is 10.1 Å². The first-order valence-electron chi connectivity index (χ1n) is 3.57. The Morgan fingerprint density at radius 1 is 1.73 bits per heavy atom. The van der Waals surface area contributed by atoms with Gasteiger partial charge in [-0.2, -0.15) is 0 Å². The fourth-order valence-electron chi connectivity index (χ4n) is 0.722. The van der Waals surface area contributed by atoms with Gasteiger partial charge in [0.25, 0.3) is 5.88 Å². The monoisotopic (exact) mass is 156 g/mol. The van der Waals surface area contributed by atoms with Gasteiger partial charge in [-0.05, 0) is 11.7 Å². The Morgan fingerprint density at radius 2 is 2.55 bits per heavy atom. The highest BCUT2D eigenvalue weighted by Crippen LogP contribution is 2.09. The molecule has 0 radical (unpaired) electrons. The third-order valence-electron chi connectivity index (χ3n) is 1.30. The lowest BCUT2D eigenvalue weighted by atomic mass is 10.4. The van der Waals surface area contributed by atoms with Crippen molar-refractivity contribution in [2.75, 3.05) is 13.7 Å². The molecule has 0 amide bonds. The maximum absolute atomic E-state index is 4.92. The first-order valence-corrected chi connectivity index (χ1v) is 3.57. The van der Waals surface area contributed by atoms with Gasteiger partial charge in [0.05, 0.1) is 13.7 Å². The SMILES string of the molecule is CCNCc1cc(OC)no1. The average molecular weight is 156 g/mol. The number of nitrogens with one attached hydrogen (secondary N) is 1. The molecule has 0 saturated carbocycles. The Balaban J connectivity index is 2.44. The van der Waals surface area contributed by atoms with Crippen LogP contribution in [0.1, 0.15) is 12.7 Å². The molecule has 0 bridgehead atoms. The summed E-state index contributed by atoms with van der Waals surface area (Å²) >= 11 is 0. The summed E-state index contributed by atoms with van der Waals surface area (Å²) in [4.78, 5) is 0. The molecule has 0 spiro atoms. The molecule has 1 aromatic rings. The van der Waals surface area contributed by atoms with Gasteiger partial charge in [0.2, 0.25) is 0 Å². The smallest absolute Gasteiger partial charge is 0.254 e. The van der Waals surface area contributed by atoms with E-state index in [1.807, 2.05) is 6.92 Å². The molecule has 0 aliphatic heterocycles. The molecule has 4 nitrogen and oxygen atoms in total. The van der Waals surface area contributed by atoms with Gasteiger partial charge in [0.15, 0.2) is 5.76 Å². The summed E-state index contributed by atoms with van der Waals surface area (Å²) in [6.45, 7) is 3.66. The molecule has 0 saturated heterocycles. The molecule has 0 unspecified atom stereocenters. The number of hydrogen-bond donors (Lipinski definition) is 1. The maximum atomic E-state index is 4.92. The maximum Gasteiger partial charge on any atom is 0.254 e. The first kappa shape index (κ1) is 8.07. The molecule has 1 rings (SSSR count). The summed E-state index contributed by atoms with van der Waals surface area (Å²) in [6, 6.07) is 1.77. The van der Waals surface area contributed by atoms with Gasteiger partial charge in [-0.3, -0.25) is 0 Å². The van der Waals surface area contributed by atoms with E-state index in [2.05, 4.69) is 10.5 Å². The van der Waals surface area contributed by atoms with Crippen LogP contribution in [-0.4, -0.2) is 18.8 Å². The normalized spacial score (nSPS) is 10.0. The van der Waals surface area contributed by atoms with Gasteiger partial charge >= 0.3 is 0 Å². The van der Waals surface area contributed by atoms with Gasteiger partial charge in [0, 0.05) is 6.07 Å². The number of methoxy groups -OCH3 is 1. The van der Waals surface area contributed by atoms with E-state index < -0.39 is 0 Å². The van der Waals surface area contributed by atoms with E-state index in [9.17, 15) is 0 Å². The van der Waals surface area contributed by atoms with Crippen LogP contribution in [0, 0.1) is 0 Å². The second kappa shape index (κ2) is 3.98. The third kappa shape index (κ3) is 2.23. The Hall–Kier alpha value is -1.03. The molecule has 11 heavy (non-hydrogen) atoms. The number of aromatic nitrogens is 1. The van der Waals surface area contributed by atoms with Crippen molar-refractivity contribution in [1.29, 1.82) is 0 Å². The van der Waals surface area contributed by atoms with Gasteiger partial charge in [0.1, 0.15) is 0 Å². The van der Waals surface area contributed by atoms with Crippen LogP contribution in [0.3, 0.4) is 0 Å². The first-order chi connectivity index (χ1) is 5.36. The zero-order valence-electron chi connectivity index (χ0n) is 6.76. The molecule has 0 atom stereocenters. The summed E-state index contributed by atoms with van der Waals surface area (Å²) in [5.74, 6) is 1.32. The minimum absolute atomic E-state index is 0.526. The van der Waals surface area contributed by atoms with Crippen LogP contribution in [0.25, 0.3) is 0 Å². The molecular formula is C7H12N2O2. The summed E-state index contributed by atoms with van der Waals surface area (Å²) in [7, 11) is 1.56. The molecular weight excluding hydrogens is 144 g/mol. The minimum Gasteiger partial charge on any atom is -0.479 e. The Bertz CT molecular complexity index is 210. The van der Waals surface area contributed by atoms with Gasteiger partial charge in [-0.1, -0.05) is 6.92 Å². The molecule has 1 aromatic heterocycles. The Labute approximate surface area is 65.5 Å². The lowest BCUT2D eigenvalue weighted by Gasteiger charge is -1.92. The second-order valence-electron chi connectivity index (χ2n) is 2.12. The van der Waals surface area contributed by atoms with Crippen molar-refractivity contribution >= 4 is 0 Å². The highest BCUT2D eigenvalue weighted by atomic mass is 16.5. The van der Waals surface area contributed by atoms with Crippen LogP contribution in [0.2, 0.25) is 0 Å². The fourth-order valence-corrected chi connectivity index (χ4v) is 0.722. The van der Waals surface area contributed by atoms with Crippen molar-refractivity contribution in [1.82, 2.24) is 10.5 Å². The number of ether oxygens (including phenoxy) is 1. The van der Waals surface area contributed by atoms with Crippen LogP contribution in [0.15, 0.2) is 10.6 Å². The largest absolute Gasteiger partial charge is 0.479 e. The molecule has 0 aliphatic rings. The van der Waals surface area contributed by atoms with Crippen molar-refractivity contribution in [2.45, 2.75) is 13.5 Å². The van der Waals surface area contributed by atoms with Crippen molar-refractivity contribution < 1.29 is 9.26 Å². The Morgan fingerprint density at radius 3 is 3.09 bits per heavy atom. The average Bonchev–Trinajstić information content (AvgIpc) is 2.48. The number of rotatable bonds is 4. The predicted octanol–water partition coefficient (Wildman–Crippen LogP) is 0.793. The minimum atomic E-state index is 0.526. The van der Waals surface area contributed by atoms with Crippen molar-refractivity contribution in [3.8, 4) is 5.88 Å². The van der Waals surface area contributed by atoms with E-state index >= 15 is 0 Å². The molecule has 1 heterocycles. The molecule has 62 valence electrons. The van der Waals surface area contributed by atoms with Crippen molar-refractivity contribution in [2.24, 2.45) is 0 Å². The lowest BCUT2D eigenvalue weighted by Crippen LogP contribution is -2.10. The summed E-state index contributed by atoms with van der Waals surface area (Å²) in [5, 5.41) is 6.76. The lowest BCUT2D eigenvalue weighted by molar-refractivity contribution is 0.323. The molecule has 0 aliphatic carbocycles. The summed E-state index contributed by atoms with van der Waals surface area (Å²) in [5.41, 5.74) is 0. The zero-order chi connectivity index (χ0) is 8.10. The molecule has 1 N–H and O–H groups in total. The predicted molar refractivity (Wildman–Crippen MR) is 40.4 cm³/mol. The molecule has 4 heteroatoms. The van der Waals surface area contributed by atoms with E-state index in [0.29, 0.717) is 12.4 Å². The number of hydrogen-bond acceptors (Lipinski definition) is 4. The van der Waals surface area contributed by atoms with Crippen LogP contribution >= 0.6 is 0 Å². The topological polar surface area (TPSA) is 47.3 Å². The third-order valence-corrected chi connectivity index (χ3v) is 1.30. The van der Waals surface area contributed by atoms with Crippen LogP contribution in [0.5, 0.6) is 5.88 Å². The fraction of sp³-hybridized carbons (Fsp3) is 0.571. The highest BCUT2D eigenvalue weighted by molar-refractivity contribution is 5.10. The Kier molecular flexibility index (Phi) is 2.92. The van der Waals surface area contributed by atoms with Crippen LogP contribution in [0.4, 0.5) is 0 Å². The zero-order valence-corrected chi connectivity index (χ0v) is 6.76. The standard InChI is InChI=1S/C7H12N2O2/c1-3-8-5-6-4-7(10-2)9-11-6/h4,8H,3,5H2,1-2H3. The summed E-state index contributed by atoms with van der Waals surface area (Å²) in [6.07, 6.45) is 0.